The molecule has 0 amide bonds. The maximum absolute atomic E-state index is 12.9. The number of aromatic nitrogens is 1. The van der Waals surface area contributed by atoms with Gasteiger partial charge in [-0.3, -0.25) is 4.79 Å². The predicted octanol–water partition coefficient (Wildman–Crippen LogP) is 7.71. The fraction of sp³-hybridized carbons (Fsp3) is 0.379. The van der Waals surface area contributed by atoms with Gasteiger partial charge < -0.3 is 10.1 Å². The van der Waals surface area contributed by atoms with Crippen molar-refractivity contribution in [1.29, 1.82) is 0 Å². The van der Waals surface area contributed by atoms with Crippen LogP contribution in [0.15, 0.2) is 60.5 Å². The number of rotatable bonds is 4. The topological polar surface area (TPSA) is 50.2 Å². The number of hydrogen-bond donors (Lipinski definition) is 1. The van der Waals surface area contributed by atoms with Crippen LogP contribution in [0, 0.1) is 18.9 Å². The van der Waals surface area contributed by atoms with E-state index in [0.29, 0.717) is 0 Å². The average molecular weight is 641 g/mol. The summed E-state index contributed by atoms with van der Waals surface area (Å²) in [4.78, 5) is 15.6. The number of carbonyl (C=O) groups excluding carboxylic acids is 1. The Kier molecular flexibility index (Phi) is 10.3. The Bertz CT molecular complexity index is 1150. The van der Waals surface area contributed by atoms with Crippen molar-refractivity contribution in [2.45, 2.75) is 66.5 Å². The normalized spacial score (nSPS) is 12.1. The summed E-state index contributed by atoms with van der Waals surface area (Å²) in [6.07, 6.45) is 2.83. The molecule has 0 aliphatic rings. The van der Waals surface area contributed by atoms with Gasteiger partial charge in [0.2, 0.25) is 0 Å². The first-order valence-corrected chi connectivity index (χ1v) is 11.2. The van der Waals surface area contributed by atoms with E-state index in [0.717, 1.165) is 22.9 Å². The van der Waals surface area contributed by atoms with Crippen molar-refractivity contribution in [2.24, 2.45) is 5.92 Å². The molecule has 1 heterocycles. The SMILES string of the molecule is CC(C)/C(O)=C/C(=O)C(C)(C)F.Cc1[c-]c(-c2nccc3ccccc23)cc(C(C)(C)C)c1.[Ir]. The van der Waals surface area contributed by atoms with E-state index in [1.807, 2.05) is 6.20 Å². The molecule has 1 N–H and O–H groups in total. The first-order chi connectivity index (χ1) is 15.2. The molecule has 0 aliphatic heterocycles. The van der Waals surface area contributed by atoms with Crippen LogP contribution in [0.5, 0.6) is 0 Å². The molecule has 1 radical (unpaired) electrons. The number of allylic oxidation sites excluding steroid dienone is 2. The fourth-order valence-electron chi connectivity index (χ4n) is 3.08. The van der Waals surface area contributed by atoms with Crippen molar-refractivity contribution >= 4 is 16.6 Å². The minimum absolute atomic E-state index is 0. The van der Waals surface area contributed by atoms with Crippen molar-refractivity contribution in [3.8, 4) is 11.3 Å². The maximum atomic E-state index is 12.9. The largest absolute Gasteiger partial charge is 0.512 e. The molecule has 0 fully saturated rings. The van der Waals surface area contributed by atoms with E-state index < -0.39 is 11.5 Å². The van der Waals surface area contributed by atoms with Crippen molar-refractivity contribution < 1.29 is 34.4 Å². The Morgan fingerprint density at radius 1 is 1.09 bits per heavy atom. The summed E-state index contributed by atoms with van der Waals surface area (Å²) in [6.45, 7) is 14.6. The molecule has 1 aromatic heterocycles. The van der Waals surface area contributed by atoms with Gasteiger partial charge in [0.1, 0.15) is 0 Å². The van der Waals surface area contributed by atoms with Crippen molar-refractivity contribution in [3.05, 3.63) is 77.7 Å². The fourth-order valence-corrected chi connectivity index (χ4v) is 3.08. The Labute approximate surface area is 216 Å². The molecule has 0 atom stereocenters. The van der Waals surface area contributed by atoms with E-state index in [4.69, 9.17) is 5.11 Å². The maximum Gasteiger partial charge on any atom is 0.195 e. The predicted molar refractivity (Wildman–Crippen MR) is 135 cm³/mol. The summed E-state index contributed by atoms with van der Waals surface area (Å²) < 4.78 is 12.9. The van der Waals surface area contributed by atoms with Crippen LogP contribution in [0.2, 0.25) is 0 Å². The third-order valence-corrected chi connectivity index (χ3v) is 5.25. The molecule has 0 aliphatic carbocycles. The van der Waals surface area contributed by atoms with Crippen molar-refractivity contribution in [2.75, 3.05) is 0 Å². The standard InChI is InChI=1S/C20H20N.C9H15FO2.Ir/c1-14-11-16(13-17(12-14)20(2,3)4)19-18-8-6-5-7-15(18)9-10-21-19;1-6(2)7(11)5-8(12)9(3,4)10;/h5-10,12-13H,1-4H3;5-6,11H,1-4H3;/q-1;;/b;7-5-;. The molecule has 0 unspecified atom stereocenters. The third-order valence-electron chi connectivity index (χ3n) is 5.25. The monoisotopic (exact) mass is 641 g/mol. The average Bonchev–Trinajstić information content (AvgIpc) is 2.72. The van der Waals surface area contributed by atoms with Crippen LogP contribution in [0.25, 0.3) is 22.0 Å². The van der Waals surface area contributed by atoms with Gasteiger partial charge in [0.05, 0.1) is 5.76 Å². The van der Waals surface area contributed by atoms with Gasteiger partial charge in [-0.2, -0.15) is 0 Å². The number of nitrogens with zero attached hydrogens (tertiary/aromatic N) is 1. The van der Waals surface area contributed by atoms with Gasteiger partial charge >= 0.3 is 0 Å². The molecular weight excluding hydrogens is 606 g/mol. The number of ketones is 1. The van der Waals surface area contributed by atoms with Gasteiger partial charge in [0.15, 0.2) is 11.5 Å². The zero-order valence-corrected chi connectivity index (χ0v) is 23.7. The quantitative estimate of drug-likeness (QED) is 0.181. The number of benzene rings is 2. The number of pyridine rings is 1. The molecular formula is C29H35FIrNO2-. The number of hydrogen-bond acceptors (Lipinski definition) is 3. The van der Waals surface area contributed by atoms with Gasteiger partial charge in [-0.25, -0.2) is 4.39 Å². The van der Waals surface area contributed by atoms with Gasteiger partial charge in [0, 0.05) is 38.3 Å². The molecule has 185 valence electrons. The molecule has 0 spiro atoms. The minimum Gasteiger partial charge on any atom is -0.512 e. The van der Waals surface area contributed by atoms with E-state index in [1.54, 1.807) is 13.8 Å². The minimum atomic E-state index is -1.90. The van der Waals surface area contributed by atoms with Crippen LogP contribution in [-0.4, -0.2) is 21.5 Å². The number of aryl methyl sites for hydroxylation is 1. The van der Waals surface area contributed by atoms with E-state index in [9.17, 15) is 9.18 Å². The number of carbonyl (C=O) groups is 1. The number of alkyl halides is 1. The Hall–Kier alpha value is -2.36. The smallest absolute Gasteiger partial charge is 0.195 e. The van der Waals surface area contributed by atoms with E-state index in [-0.39, 0.29) is 37.2 Å². The van der Waals surface area contributed by atoms with Gasteiger partial charge in [-0.1, -0.05) is 65.8 Å². The van der Waals surface area contributed by atoms with Gasteiger partial charge in [0.25, 0.3) is 0 Å². The van der Waals surface area contributed by atoms with Gasteiger partial charge in [-0.15, -0.1) is 34.9 Å². The van der Waals surface area contributed by atoms with E-state index >= 15 is 0 Å². The molecule has 3 nitrogen and oxygen atoms in total. The van der Waals surface area contributed by atoms with Crippen LogP contribution in [0.1, 0.15) is 59.6 Å². The summed E-state index contributed by atoms with van der Waals surface area (Å²) in [5.41, 5.74) is 2.80. The summed E-state index contributed by atoms with van der Waals surface area (Å²) in [7, 11) is 0. The van der Waals surface area contributed by atoms with E-state index in [1.165, 1.54) is 30.2 Å². The summed E-state index contributed by atoms with van der Waals surface area (Å²) in [5, 5.41) is 11.5. The van der Waals surface area contributed by atoms with Crippen LogP contribution < -0.4 is 0 Å². The zero-order valence-electron chi connectivity index (χ0n) is 21.3. The van der Waals surface area contributed by atoms with Crippen LogP contribution in [0.3, 0.4) is 0 Å². The summed E-state index contributed by atoms with van der Waals surface area (Å²) in [6, 6.07) is 18.3. The van der Waals surface area contributed by atoms with Crippen molar-refractivity contribution in [1.82, 2.24) is 4.98 Å². The first kappa shape index (κ1) is 29.7. The second-order valence-electron chi connectivity index (χ2n) is 10.2. The molecule has 0 bridgehead atoms. The molecule has 5 heteroatoms. The molecule has 2 aromatic carbocycles. The Morgan fingerprint density at radius 3 is 2.26 bits per heavy atom. The van der Waals surface area contributed by atoms with Crippen LogP contribution >= 0.6 is 0 Å². The molecule has 3 rings (SSSR count). The molecule has 0 saturated heterocycles. The first-order valence-electron chi connectivity index (χ1n) is 11.2. The van der Waals surface area contributed by atoms with E-state index in [2.05, 4.69) is 81.2 Å². The Morgan fingerprint density at radius 2 is 1.71 bits per heavy atom. The molecule has 34 heavy (non-hydrogen) atoms. The molecule has 0 saturated carbocycles. The summed E-state index contributed by atoms with van der Waals surface area (Å²) >= 11 is 0. The van der Waals surface area contributed by atoms with Crippen LogP contribution in [0.4, 0.5) is 4.39 Å². The second-order valence-corrected chi connectivity index (χ2v) is 10.2. The number of fused-ring (bicyclic) bond motifs is 1. The van der Waals surface area contributed by atoms with Gasteiger partial charge in [-0.05, 0) is 41.8 Å². The summed E-state index contributed by atoms with van der Waals surface area (Å²) in [5.74, 6) is -0.921. The number of aliphatic hydroxyl groups is 1. The third kappa shape index (κ3) is 8.14. The second kappa shape index (κ2) is 11.9. The number of aliphatic hydroxyl groups excluding tert-OH is 1. The zero-order chi connectivity index (χ0) is 25.0. The van der Waals surface area contributed by atoms with Crippen molar-refractivity contribution in [3.63, 3.8) is 0 Å². The Balaban J connectivity index is 0.000000386. The number of halogens is 1. The molecule has 3 aromatic rings. The van der Waals surface area contributed by atoms with Crippen LogP contribution in [-0.2, 0) is 30.3 Å².